The summed E-state index contributed by atoms with van der Waals surface area (Å²) in [4.78, 5) is 10.2. The van der Waals surface area contributed by atoms with Crippen molar-refractivity contribution in [3.8, 4) is 0 Å². The molecular formula is C6H10N4O2. The molecule has 12 heavy (non-hydrogen) atoms. The molecule has 0 radical (unpaired) electrons. The summed E-state index contributed by atoms with van der Waals surface area (Å²) in [5, 5.41) is 19.1. The Kier molecular flexibility index (Phi) is 2.73. The van der Waals surface area contributed by atoms with E-state index in [1.54, 1.807) is 11.6 Å². The third-order valence-corrected chi connectivity index (χ3v) is 1.47. The number of hydrogen-bond acceptors (Lipinski definition) is 4. The molecule has 0 unspecified atom stereocenters. The number of tetrazole rings is 1. The fraction of sp³-hybridized carbons (Fsp3) is 0.667. The Labute approximate surface area is 69.2 Å². The van der Waals surface area contributed by atoms with Crippen LogP contribution in [0.1, 0.15) is 18.7 Å². The van der Waals surface area contributed by atoms with Crippen LogP contribution in [0, 0.1) is 6.92 Å². The molecule has 0 aliphatic carbocycles. The highest BCUT2D eigenvalue weighted by Crippen LogP contribution is 1.95. The standard InChI is InChI=1S/C6H10N4O2/c1-5-7-8-9-10(5)4-2-3-6(11)12/h2-4H2,1H3,(H,11,12). The number of carboxylic acids is 1. The van der Waals surface area contributed by atoms with Crippen molar-refractivity contribution in [1.82, 2.24) is 20.2 Å². The van der Waals surface area contributed by atoms with E-state index in [0.717, 1.165) is 0 Å². The maximum absolute atomic E-state index is 10.2. The van der Waals surface area contributed by atoms with Crippen LogP contribution in [0.25, 0.3) is 0 Å². The van der Waals surface area contributed by atoms with E-state index < -0.39 is 5.97 Å². The molecule has 1 aromatic heterocycles. The first-order chi connectivity index (χ1) is 5.70. The van der Waals surface area contributed by atoms with Gasteiger partial charge in [-0.05, 0) is 23.8 Å². The highest BCUT2D eigenvalue weighted by atomic mass is 16.4. The number of carbonyl (C=O) groups is 1. The topological polar surface area (TPSA) is 80.9 Å². The average Bonchev–Trinajstić information content (AvgIpc) is 2.36. The van der Waals surface area contributed by atoms with Crippen LogP contribution in [0.15, 0.2) is 0 Å². The lowest BCUT2D eigenvalue weighted by Crippen LogP contribution is -2.05. The SMILES string of the molecule is Cc1nnnn1CCCC(=O)O. The number of aliphatic carboxylic acids is 1. The van der Waals surface area contributed by atoms with Gasteiger partial charge in [-0.3, -0.25) is 4.79 Å². The fourth-order valence-electron chi connectivity index (χ4n) is 0.836. The second kappa shape index (κ2) is 3.80. The summed E-state index contributed by atoms with van der Waals surface area (Å²) >= 11 is 0. The molecule has 0 saturated heterocycles. The summed E-state index contributed by atoms with van der Waals surface area (Å²) in [5.74, 6) is -0.0823. The van der Waals surface area contributed by atoms with Crippen molar-refractivity contribution < 1.29 is 9.90 Å². The van der Waals surface area contributed by atoms with Gasteiger partial charge in [0.1, 0.15) is 5.82 Å². The molecule has 0 spiro atoms. The first-order valence-corrected chi connectivity index (χ1v) is 3.64. The van der Waals surface area contributed by atoms with Gasteiger partial charge in [0, 0.05) is 13.0 Å². The van der Waals surface area contributed by atoms with Gasteiger partial charge in [0.15, 0.2) is 0 Å². The average molecular weight is 170 g/mol. The van der Waals surface area contributed by atoms with E-state index in [4.69, 9.17) is 5.11 Å². The first-order valence-electron chi connectivity index (χ1n) is 3.64. The van der Waals surface area contributed by atoms with Crippen molar-refractivity contribution in [2.24, 2.45) is 0 Å². The van der Waals surface area contributed by atoms with Gasteiger partial charge >= 0.3 is 5.97 Å². The van der Waals surface area contributed by atoms with Gasteiger partial charge in [0.25, 0.3) is 0 Å². The number of hydrogen-bond donors (Lipinski definition) is 1. The number of carboxylic acid groups (broad SMARTS) is 1. The highest BCUT2D eigenvalue weighted by molar-refractivity contribution is 5.66. The molecule has 1 aromatic rings. The van der Waals surface area contributed by atoms with Gasteiger partial charge < -0.3 is 5.11 Å². The van der Waals surface area contributed by atoms with E-state index in [-0.39, 0.29) is 6.42 Å². The van der Waals surface area contributed by atoms with E-state index >= 15 is 0 Å². The molecule has 6 heteroatoms. The molecule has 1 heterocycles. The van der Waals surface area contributed by atoms with Crippen molar-refractivity contribution in [2.45, 2.75) is 26.3 Å². The molecule has 0 aliphatic rings. The van der Waals surface area contributed by atoms with Gasteiger partial charge in [-0.2, -0.15) is 0 Å². The normalized spacial score (nSPS) is 10.1. The summed E-state index contributed by atoms with van der Waals surface area (Å²) in [6.07, 6.45) is 0.709. The predicted octanol–water partition coefficient (Wildman–Crippen LogP) is -0.154. The van der Waals surface area contributed by atoms with E-state index in [0.29, 0.717) is 18.8 Å². The maximum Gasteiger partial charge on any atom is 0.303 e. The molecule has 6 nitrogen and oxygen atoms in total. The number of aryl methyl sites for hydroxylation is 2. The van der Waals surface area contributed by atoms with E-state index in [9.17, 15) is 4.79 Å². The predicted molar refractivity (Wildman–Crippen MR) is 39.4 cm³/mol. The van der Waals surface area contributed by atoms with Gasteiger partial charge in [-0.25, -0.2) is 4.68 Å². The molecule has 1 rings (SSSR count). The van der Waals surface area contributed by atoms with Gasteiger partial charge in [-0.1, -0.05) is 0 Å². The molecule has 0 atom stereocenters. The summed E-state index contributed by atoms with van der Waals surface area (Å²) in [7, 11) is 0. The lowest BCUT2D eigenvalue weighted by molar-refractivity contribution is -0.137. The van der Waals surface area contributed by atoms with Crippen molar-refractivity contribution >= 4 is 5.97 Å². The van der Waals surface area contributed by atoms with Crippen LogP contribution >= 0.6 is 0 Å². The smallest absolute Gasteiger partial charge is 0.303 e. The summed E-state index contributed by atoms with van der Waals surface area (Å²) in [6, 6.07) is 0. The van der Waals surface area contributed by atoms with Crippen molar-refractivity contribution in [3.63, 3.8) is 0 Å². The Hall–Kier alpha value is -1.46. The van der Waals surface area contributed by atoms with Crippen LogP contribution in [0.2, 0.25) is 0 Å². The van der Waals surface area contributed by atoms with Crippen molar-refractivity contribution in [1.29, 1.82) is 0 Å². The largest absolute Gasteiger partial charge is 0.481 e. The molecule has 0 aliphatic heterocycles. The maximum atomic E-state index is 10.2. The zero-order chi connectivity index (χ0) is 8.97. The zero-order valence-electron chi connectivity index (χ0n) is 6.77. The number of aromatic nitrogens is 4. The number of nitrogens with zero attached hydrogens (tertiary/aromatic N) is 4. The summed E-state index contributed by atoms with van der Waals surface area (Å²) in [6.45, 7) is 2.34. The summed E-state index contributed by atoms with van der Waals surface area (Å²) in [5.41, 5.74) is 0. The van der Waals surface area contributed by atoms with Gasteiger partial charge in [0.2, 0.25) is 0 Å². The van der Waals surface area contributed by atoms with Crippen LogP contribution in [-0.4, -0.2) is 31.3 Å². The van der Waals surface area contributed by atoms with Crippen LogP contribution in [0.3, 0.4) is 0 Å². The number of rotatable bonds is 4. The molecule has 0 fully saturated rings. The van der Waals surface area contributed by atoms with Gasteiger partial charge in [-0.15, -0.1) is 5.10 Å². The Balaban J connectivity index is 2.33. The molecular weight excluding hydrogens is 160 g/mol. The zero-order valence-corrected chi connectivity index (χ0v) is 6.77. The third kappa shape index (κ3) is 2.30. The minimum absolute atomic E-state index is 0.152. The third-order valence-electron chi connectivity index (χ3n) is 1.47. The molecule has 0 bridgehead atoms. The van der Waals surface area contributed by atoms with Crippen molar-refractivity contribution in [2.75, 3.05) is 0 Å². The highest BCUT2D eigenvalue weighted by Gasteiger charge is 2.01. The monoisotopic (exact) mass is 170 g/mol. The lowest BCUT2D eigenvalue weighted by Gasteiger charge is -1.98. The lowest BCUT2D eigenvalue weighted by atomic mass is 10.3. The minimum atomic E-state index is -0.791. The summed E-state index contributed by atoms with van der Waals surface area (Å²) < 4.78 is 1.59. The van der Waals surface area contributed by atoms with Crippen LogP contribution in [0.4, 0.5) is 0 Å². The molecule has 1 N–H and O–H groups in total. The quantitative estimate of drug-likeness (QED) is 0.679. The second-order valence-corrected chi connectivity index (χ2v) is 2.45. The first kappa shape index (κ1) is 8.63. The van der Waals surface area contributed by atoms with E-state index in [1.807, 2.05) is 0 Å². The van der Waals surface area contributed by atoms with Crippen LogP contribution < -0.4 is 0 Å². The second-order valence-electron chi connectivity index (χ2n) is 2.45. The van der Waals surface area contributed by atoms with E-state index in [1.165, 1.54) is 0 Å². The Morgan fingerprint density at radius 3 is 2.92 bits per heavy atom. The van der Waals surface area contributed by atoms with Gasteiger partial charge in [0.05, 0.1) is 0 Å². The fourth-order valence-corrected chi connectivity index (χ4v) is 0.836. The minimum Gasteiger partial charge on any atom is -0.481 e. The Morgan fingerprint density at radius 1 is 1.67 bits per heavy atom. The molecule has 0 saturated carbocycles. The molecule has 66 valence electrons. The van der Waals surface area contributed by atoms with Crippen molar-refractivity contribution in [3.05, 3.63) is 5.82 Å². The van der Waals surface area contributed by atoms with Crippen LogP contribution in [-0.2, 0) is 11.3 Å². The molecule has 0 amide bonds. The molecule has 0 aromatic carbocycles. The Bertz CT molecular complexity index is 270. The Morgan fingerprint density at radius 2 is 2.42 bits per heavy atom. The van der Waals surface area contributed by atoms with E-state index in [2.05, 4.69) is 15.5 Å². The van der Waals surface area contributed by atoms with Crippen LogP contribution in [0.5, 0.6) is 0 Å².